The molecular weight excluding hydrogens is 401 g/mol. The van der Waals surface area contributed by atoms with Crippen molar-refractivity contribution in [3.8, 4) is 0 Å². The lowest BCUT2D eigenvalue weighted by molar-refractivity contribution is 0.168. The first kappa shape index (κ1) is 18.4. The molecule has 3 heterocycles. The fourth-order valence-corrected chi connectivity index (χ4v) is 3.52. The molecule has 1 aromatic heterocycles. The normalized spacial score (nSPS) is 22.7. The molecule has 1 atom stereocenters. The summed E-state index contributed by atoms with van der Waals surface area (Å²) in [5.41, 5.74) is 1.05. The average Bonchev–Trinajstić information content (AvgIpc) is 3.07. The van der Waals surface area contributed by atoms with Crippen LogP contribution in [0.4, 0.5) is 0 Å². The molecule has 0 saturated carbocycles. The summed E-state index contributed by atoms with van der Waals surface area (Å²) < 4.78 is 0. The zero-order valence-corrected chi connectivity index (χ0v) is 16.3. The Morgan fingerprint density at radius 3 is 2.78 bits per heavy atom. The van der Waals surface area contributed by atoms with Crippen molar-refractivity contribution >= 4 is 29.9 Å². The molecule has 128 valence electrons. The van der Waals surface area contributed by atoms with Gasteiger partial charge in [0.2, 0.25) is 0 Å². The molecule has 1 N–H and O–H groups in total. The van der Waals surface area contributed by atoms with Crippen molar-refractivity contribution in [1.82, 2.24) is 20.1 Å². The second kappa shape index (κ2) is 9.42. The van der Waals surface area contributed by atoms with E-state index in [0.717, 1.165) is 31.3 Å². The molecule has 3 rings (SSSR count). The number of aromatic nitrogens is 1. The Balaban J connectivity index is 0.00000192. The molecule has 5 nitrogen and oxygen atoms in total. The maximum Gasteiger partial charge on any atom is 0.194 e. The van der Waals surface area contributed by atoms with Crippen LogP contribution < -0.4 is 5.32 Å². The number of rotatable bonds is 3. The first-order chi connectivity index (χ1) is 10.9. The summed E-state index contributed by atoms with van der Waals surface area (Å²) in [6.45, 7) is 5.49. The summed E-state index contributed by atoms with van der Waals surface area (Å²) in [6, 6.07) is 6.71. The van der Waals surface area contributed by atoms with E-state index >= 15 is 0 Å². The van der Waals surface area contributed by atoms with Crippen LogP contribution in [0.15, 0.2) is 29.4 Å². The Morgan fingerprint density at radius 1 is 1.26 bits per heavy atom. The van der Waals surface area contributed by atoms with Crippen LogP contribution in [0.25, 0.3) is 0 Å². The van der Waals surface area contributed by atoms with Crippen LogP contribution >= 0.6 is 24.0 Å². The van der Waals surface area contributed by atoms with Gasteiger partial charge in [-0.15, -0.1) is 24.0 Å². The second-order valence-electron chi connectivity index (χ2n) is 6.21. The Morgan fingerprint density at radius 2 is 2.09 bits per heavy atom. The molecule has 0 aliphatic carbocycles. The number of likely N-dealkylation sites (tertiary alicyclic amines) is 2. The Hall–Kier alpha value is -0.890. The summed E-state index contributed by atoms with van der Waals surface area (Å²) in [5.74, 6) is 1.00. The third kappa shape index (κ3) is 5.04. The second-order valence-corrected chi connectivity index (χ2v) is 6.21. The SMILES string of the molecule is CN=C(NCc1ccccn1)N1CCC(N2CCCCC2)C1.I. The van der Waals surface area contributed by atoms with E-state index in [4.69, 9.17) is 0 Å². The van der Waals surface area contributed by atoms with E-state index in [1.54, 1.807) is 0 Å². The first-order valence-electron chi connectivity index (χ1n) is 8.46. The van der Waals surface area contributed by atoms with Crippen molar-refractivity contribution in [2.75, 3.05) is 33.2 Å². The molecule has 0 amide bonds. The molecule has 1 unspecified atom stereocenters. The number of nitrogens with one attached hydrogen (secondary N) is 1. The third-order valence-corrected chi connectivity index (χ3v) is 4.74. The molecule has 2 aliphatic heterocycles. The summed E-state index contributed by atoms with van der Waals surface area (Å²) in [7, 11) is 1.87. The zero-order valence-electron chi connectivity index (χ0n) is 13.9. The molecule has 0 radical (unpaired) electrons. The van der Waals surface area contributed by atoms with Gasteiger partial charge < -0.3 is 10.2 Å². The molecule has 2 aliphatic rings. The number of piperidine rings is 1. The van der Waals surface area contributed by atoms with Crippen LogP contribution in [-0.2, 0) is 6.54 Å². The minimum atomic E-state index is 0. The number of guanidine groups is 1. The Labute approximate surface area is 156 Å². The maximum atomic E-state index is 4.45. The van der Waals surface area contributed by atoms with Crippen molar-refractivity contribution in [1.29, 1.82) is 0 Å². The summed E-state index contributed by atoms with van der Waals surface area (Å²) in [5, 5.41) is 3.45. The molecule has 0 bridgehead atoms. The lowest BCUT2D eigenvalue weighted by Crippen LogP contribution is -2.44. The molecule has 2 fully saturated rings. The maximum absolute atomic E-state index is 4.45. The van der Waals surface area contributed by atoms with Gasteiger partial charge in [0.05, 0.1) is 12.2 Å². The molecular formula is C17H28IN5. The fraction of sp³-hybridized carbons (Fsp3) is 0.647. The zero-order chi connectivity index (χ0) is 15.2. The van der Waals surface area contributed by atoms with Gasteiger partial charge in [0.1, 0.15) is 0 Å². The number of nitrogens with zero attached hydrogens (tertiary/aromatic N) is 4. The van der Waals surface area contributed by atoms with Crippen molar-refractivity contribution in [2.45, 2.75) is 38.3 Å². The Kier molecular flexibility index (Phi) is 7.55. The molecule has 0 aromatic carbocycles. The van der Waals surface area contributed by atoms with Crippen LogP contribution in [0.1, 0.15) is 31.4 Å². The predicted molar refractivity (Wildman–Crippen MR) is 105 cm³/mol. The van der Waals surface area contributed by atoms with Gasteiger partial charge in [0, 0.05) is 32.4 Å². The van der Waals surface area contributed by atoms with Crippen LogP contribution in [0.3, 0.4) is 0 Å². The van der Waals surface area contributed by atoms with E-state index in [0.29, 0.717) is 6.04 Å². The average molecular weight is 429 g/mol. The van der Waals surface area contributed by atoms with E-state index in [1.165, 1.54) is 38.8 Å². The number of hydrogen-bond donors (Lipinski definition) is 1. The van der Waals surface area contributed by atoms with Gasteiger partial charge in [-0.05, 0) is 44.5 Å². The predicted octanol–water partition coefficient (Wildman–Crippen LogP) is 2.34. The quantitative estimate of drug-likeness (QED) is 0.455. The van der Waals surface area contributed by atoms with Crippen molar-refractivity contribution in [3.63, 3.8) is 0 Å². The van der Waals surface area contributed by atoms with E-state index in [9.17, 15) is 0 Å². The van der Waals surface area contributed by atoms with E-state index in [1.807, 2.05) is 31.4 Å². The van der Waals surface area contributed by atoms with Gasteiger partial charge in [0.15, 0.2) is 5.96 Å². The lowest BCUT2D eigenvalue weighted by Gasteiger charge is -2.32. The lowest BCUT2D eigenvalue weighted by atomic mass is 10.1. The van der Waals surface area contributed by atoms with E-state index in [-0.39, 0.29) is 24.0 Å². The smallest absolute Gasteiger partial charge is 0.194 e. The fourth-order valence-electron chi connectivity index (χ4n) is 3.52. The van der Waals surface area contributed by atoms with Gasteiger partial charge in [-0.1, -0.05) is 12.5 Å². The summed E-state index contributed by atoms with van der Waals surface area (Å²) >= 11 is 0. The van der Waals surface area contributed by atoms with Crippen molar-refractivity contribution in [2.24, 2.45) is 4.99 Å². The standard InChI is InChI=1S/C17H27N5.HI/c1-18-17(20-13-15-7-3-4-9-19-15)22-12-8-16(14-22)21-10-5-2-6-11-21;/h3-4,7,9,16H,2,5-6,8,10-14H2,1H3,(H,18,20);1H. The molecule has 23 heavy (non-hydrogen) atoms. The first-order valence-corrected chi connectivity index (χ1v) is 8.46. The Bertz CT molecular complexity index is 487. The molecule has 1 aromatic rings. The minimum absolute atomic E-state index is 0. The van der Waals surface area contributed by atoms with Gasteiger partial charge in [-0.25, -0.2) is 0 Å². The molecule has 2 saturated heterocycles. The van der Waals surface area contributed by atoms with Crippen LogP contribution in [0.5, 0.6) is 0 Å². The van der Waals surface area contributed by atoms with Gasteiger partial charge in [-0.3, -0.25) is 14.9 Å². The highest BCUT2D eigenvalue weighted by Crippen LogP contribution is 2.20. The van der Waals surface area contributed by atoms with Crippen LogP contribution in [0, 0.1) is 0 Å². The van der Waals surface area contributed by atoms with Gasteiger partial charge >= 0.3 is 0 Å². The highest BCUT2D eigenvalue weighted by atomic mass is 127. The largest absolute Gasteiger partial charge is 0.351 e. The highest BCUT2D eigenvalue weighted by Gasteiger charge is 2.29. The molecule has 6 heteroatoms. The van der Waals surface area contributed by atoms with Crippen LogP contribution in [0.2, 0.25) is 0 Å². The highest BCUT2D eigenvalue weighted by molar-refractivity contribution is 14.0. The van der Waals surface area contributed by atoms with Crippen molar-refractivity contribution in [3.05, 3.63) is 30.1 Å². The van der Waals surface area contributed by atoms with Gasteiger partial charge in [-0.2, -0.15) is 0 Å². The number of pyridine rings is 1. The topological polar surface area (TPSA) is 43.8 Å². The third-order valence-electron chi connectivity index (χ3n) is 4.74. The van der Waals surface area contributed by atoms with Crippen LogP contribution in [-0.4, -0.2) is 60.0 Å². The number of hydrogen-bond acceptors (Lipinski definition) is 3. The number of halogens is 1. The molecule has 0 spiro atoms. The summed E-state index contributed by atoms with van der Waals surface area (Å²) in [4.78, 5) is 13.9. The number of aliphatic imine (C=N–C) groups is 1. The monoisotopic (exact) mass is 429 g/mol. The van der Waals surface area contributed by atoms with Gasteiger partial charge in [0.25, 0.3) is 0 Å². The summed E-state index contributed by atoms with van der Waals surface area (Å²) in [6.07, 6.45) is 7.22. The van der Waals surface area contributed by atoms with E-state index in [2.05, 4.69) is 25.1 Å². The minimum Gasteiger partial charge on any atom is -0.351 e. The van der Waals surface area contributed by atoms with Crippen molar-refractivity contribution < 1.29 is 0 Å². The van der Waals surface area contributed by atoms with E-state index < -0.39 is 0 Å².